The minimum absolute atomic E-state index is 0.0562. The highest BCUT2D eigenvalue weighted by molar-refractivity contribution is 6.30. The first-order valence-corrected chi connectivity index (χ1v) is 4.20. The first-order chi connectivity index (χ1) is 5.68. The van der Waals surface area contributed by atoms with Crippen LogP contribution in [0.1, 0.15) is 6.92 Å². The van der Waals surface area contributed by atoms with Crippen molar-refractivity contribution >= 4 is 11.6 Å². The molecular formula is C9H12ClNO. The van der Waals surface area contributed by atoms with Gasteiger partial charge in [0.25, 0.3) is 0 Å². The largest absolute Gasteiger partial charge is 0.492 e. The van der Waals surface area contributed by atoms with Crippen molar-refractivity contribution in [3.8, 4) is 5.75 Å². The molecule has 0 bridgehead atoms. The minimum Gasteiger partial charge on any atom is -0.492 e. The molecule has 0 radical (unpaired) electrons. The standard InChI is InChI=1S/C9H12ClNO/c1-7(11)6-12-9-4-2-8(10)3-5-9/h2-5,7H,6,11H2,1H3/t7-/m0/s1. The molecular weight excluding hydrogens is 174 g/mol. The maximum atomic E-state index is 5.69. The normalized spacial score (nSPS) is 12.6. The van der Waals surface area contributed by atoms with Gasteiger partial charge in [-0.15, -0.1) is 0 Å². The van der Waals surface area contributed by atoms with Crippen LogP contribution in [0.4, 0.5) is 0 Å². The van der Waals surface area contributed by atoms with Crippen LogP contribution in [0, 0.1) is 0 Å². The van der Waals surface area contributed by atoms with E-state index in [1.165, 1.54) is 0 Å². The van der Waals surface area contributed by atoms with Crippen LogP contribution in [0.5, 0.6) is 5.75 Å². The van der Waals surface area contributed by atoms with E-state index in [1.807, 2.05) is 19.1 Å². The number of halogens is 1. The summed E-state index contributed by atoms with van der Waals surface area (Å²) < 4.78 is 5.34. The molecule has 1 atom stereocenters. The molecule has 2 nitrogen and oxygen atoms in total. The molecule has 0 saturated heterocycles. The van der Waals surface area contributed by atoms with Crippen molar-refractivity contribution in [2.45, 2.75) is 13.0 Å². The van der Waals surface area contributed by atoms with Crippen LogP contribution in [0.3, 0.4) is 0 Å². The molecule has 3 heteroatoms. The number of hydrogen-bond acceptors (Lipinski definition) is 2. The summed E-state index contributed by atoms with van der Waals surface area (Å²) >= 11 is 5.69. The Bertz CT molecular complexity index is 233. The van der Waals surface area contributed by atoms with Crippen molar-refractivity contribution < 1.29 is 4.74 Å². The van der Waals surface area contributed by atoms with E-state index in [4.69, 9.17) is 22.1 Å². The second-order valence-corrected chi connectivity index (χ2v) is 3.18. The predicted octanol–water partition coefficient (Wildman–Crippen LogP) is 2.07. The molecule has 0 unspecified atom stereocenters. The Labute approximate surface area is 77.3 Å². The van der Waals surface area contributed by atoms with Gasteiger partial charge in [-0.1, -0.05) is 11.6 Å². The van der Waals surface area contributed by atoms with Crippen LogP contribution in [0.2, 0.25) is 5.02 Å². The van der Waals surface area contributed by atoms with Gasteiger partial charge in [0, 0.05) is 11.1 Å². The van der Waals surface area contributed by atoms with Crippen LogP contribution < -0.4 is 10.5 Å². The third-order valence-electron chi connectivity index (χ3n) is 1.33. The Morgan fingerprint density at radius 2 is 2.00 bits per heavy atom. The minimum atomic E-state index is 0.0562. The van der Waals surface area contributed by atoms with Crippen molar-refractivity contribution in [3.05, 3.63) is 29.3 Å². The number of ether oxygens (including phenoxy) is 1. The summed E-state index contributed by atoms with van der Waals surface area (Å²) in [6.45, 7) is 2.43. The van der Waals surface area contributed by atoms with Gasteiger partial charge >= 0.3 is 0 Å². The number of hydrogen-bond donors (Lipinski definition) is 1. The molecule has 0 spiro atoms. The van der Waals surface area contributed by atoms with Gasteiger partial charge in [0.05, 0.1) is 0 Å². The van der Waals surface area contributed by atoms with Crippen LogP contribution in [0.25, 0.3) is 0 Å². The third-order valence-corrected chi connectivity index (χ3v) is 1.58. The summed E-state index contributed by atoms with van der Waals surface area (Å²) in [5.74, 6) is 0.803. The number of benzene rings is 1. The zero-order valence-electron chi connectivity index (χ0n) is 6.96. The fourth-order valence-electron chi connectivity index (χ4n) is 0.758. The zero-order valence-corrected chi connectivity index (χ0v) is 7.71. The molecule has 1 aromatic rings. The van der Waals surface area contributed by atoms with Crippen molar-refractivity contribution in [2.75, 3.05) is 6.61 Å². The summed E-state index contributed by atoms with van der Waals surface area (Å²) in [6.07, 6.45) is 0. The van der Waals surface area contributed by atoms with Crippen LogP contribution >= 0.6 is 11.6 Å². The second-order valence-electron chi connectivity index (χ2n) is 2.74. The Balaban J connectivity index is 2.48. The molecule has 1 rings (SSSR count). The van der Waals surface area contributed by atoms with Gasteiger partial charge in [-0.25, -0.2) is 0 Å². The van der Waals surface area contributed by atoms with E-state index in [0.717, 1.165) is 5.75 Å². The van der Waals surface area contributed by atoms with Gasteiger partial charge in [-0.2, -0.15) is 0 Å². The van der Waals surface area contributed by atoms with Gasteiger partial charge < -0.3 is 10.5 Å². The lowest BCUT2D eigenvalue weighted by atomic mass is 10.3. The van der Waals surface area contributed by atoms with Gasteiger partial charge in [0.1, 0.15) is 12.4 Å². The van der Waals surface area contributed by atoms with Crippen molar-refractivity contribution in [2.24, 2.45) is 5.73 Å². The fourth-order valence-corrected chi connectivity index (χ4v) is 0.884. The van der Waals surface area contributed by atoms with E-state index >= 15 is 0 Å². The van der Waals surface area contributed by atoms with E-state index in [-0.39, 0.29) is 6.04 Å². The van der Waals surface area contributed by atoms with Gasteiger partial charge in [0.2, 0.25) is 0 Å². The fraction of sp³-hybridized carbons (Fsp3) is 0.333. The topological polar surface area (TPSA) is 35.2 Å². The average Bonchev–Trinajstić information content (AvgIpc) is 2.03. The van der Waals surface area contributed by atoms with Gasteiger partial charge in [-0.05, 0) is 31.2 Å². The highest BCUT2D eigenvalue weighted by Crippen LogP contribution is 2.15. The molecule has 66 valence electrons. The zero-order chi connectivity index (χ0) is 8.97. The first-order valence-electron chi connectivity index (χ1n) is 3.82. The second kappa shape index (κ2) is 4.33. The molecule has 0 aromatic heterocycles. The molecule has 0 aliphatic rings. The lowest BCUT2D eigenvalue weighted by Crippen LogP contribution is -2.23. The van der Waals surface area contributed by atoms with E-state index in [1.54, 1.807) is 12.1 Å². The summed E-state index contributed by atoms with van der Waals surface area (Å²) in [4.78, 5) is 0. The molecule has 0 heterocycles. The van der Waals surface area contributed by atoms with Crippen molar-refractivity contribution in [1.29, 1.82) is 0 Å². The molecule has 1 aromatic carbocycles. The number of nitrogens with two attached hydrogens (primary N) is 1. The molecule has 0 aliphatic carbocycles. The monoisotopic (exact) mass is 185 g/mol. The summed E-state index contributed by atoms with van der Waals surface area (Å²) in [5, 5.41) is 0.711. The molecule has 0 amide bonds. The Hall–Kier alpha value is -0.730. The first kappa shape index (κ1) is 9.36. The van der Waals surface area contributed by atoms with Gasteiger partial charge in [0.15, 0.2) is 0 Å². The molecule has 0 aliphatic heterocycles. The van der Waals surface area contributed by atoms with Crippen LogP contribution in [-0.2, 0) is 0 Å². The van der Waals surface area contributed by atoms with E-state index in [9.17, 15) is 0 Å². The van der Waals surface area contributed by atoms with Crippen molar-refractivity contribution in [3.63, 3.8) is 0 Å². The lowest BCUT2D eigenvalue weighted by Gasteiger charge is -2.07. The summed E-state index contributed by atoms with van der Waals surface area (Å²) in [6, 6.07) is 7.28. The molecule has 0 fully saturated rings. The van der Waals surface area contributed by atoms with Gasteiger partial charge in [-0.3, -0.25) is 0 Å². The van der Waals surface area contributed by atoms with Crippen LogP contribution in [-0.4, -0.2) is 12.6 Å². The summed E-state index contributed by atoms with van der Waals surface area (Å²) in [5.41, 5.74) is 5.52. The highest BCUT2D eigenvalue weighted by Gasteiger charge is 1.96. The van der Waals surface area contributed by atoms with Crippen LogP contribution in [0.15, 0.2) is 24.3 Å². The quantitative estimate of drug-likeness (QED) is 0.783. The van der Waals surface area contributed by atoms with E-state index in [0.29, 0.717) is 11.6 Å². The molecule has 2 N–H and O–H groups in total. The predicted molar refractivity (Wildman–Crippen MR) is 50.6 cm³/mol. The number of rotatable bonds is 3. The third kappa shape index (κ3) is 3.11. The Morgan fingerprint density at radius 1 is 1.42 bits per heavy atom. The lowest BCUT2D eigenvalue weighted by molar-refractivity contribution is 0.296. The Morgan fingerprint density at radius 3 is 2.50 bits per heavy atom. The van der Waals surface area contributed by atoms with Crippen molar-refractivity contribution in [1.82, 2.24) is 0 Å². The molecule has 12 heavy (non-hydrogen) atoms. The smallest absolute Gasteiger partial charge is 0.119 e. The SMILES string of the molecule is C[C@H](N)COc1ccc(Cl)cc1. The Kier molecular flexibility index (Phi) is 3.38. The maximum Gasteiger partial charge on any atom is 0.119 e. The molecule has 0 saturated carbocycles. The summed E-state index contributed by atoms with van der Waals surface area (Å²) in [7, 11) is 0. The van der Waals surface area contributed by atoms with E-state index < -0.39 is 0 Å². The van der Waals surface area contributed by atoms with E-state index in [2.05, 4.69) is 0 Å². The maximum absolute atomic E-state index is 5.69. The average molecular weight is 186 g/mol. The highest BCUT2D eigenvalue weighted by atomic mass is 35.5.